The summed E-state index contributed by atoms with van der Waals surface area (Å²) in [7, 11) is -2.44. The molecule has 0 spiro atoms. The molecule has 7 nitrogen and oxygen atoms in total. The van der Waals surface area contributed by atoms with Gasteiger partial charge in [0.05, 0.1) is 17.6 Å². The lowest BCUT2D eigenvalue weighted by Crippen LogP contribution is -2.45. The number of amides is 1. The van der Waals surface area contributed by atoms with Crippen LogP contribution in [0.5, 0.6) is 5.75 Å². The molecule has 2 rings (SSSR count). The van der Waals surface area contributed by atoms with Gasteiger partial charge in [-0.3, -0.25) is 4.79 Å². The van der Waals surface area contributed by atoms with E-state index in [4.69, 9.17) is 9.88 Å². The summed E-state index contributed by atoms with van der Waals surface area (Å²) in [5.41, 5.74) is 0.162. The Kier molecular flexibility index (Phi) is 4.81. The Bertz CT molecular complexity index is 624. The second-order valence-electron chi connectivity index (χ2n) is 4.92. The molecule has 1 atom stereocenters. The Hall–Kier alpha value is -1.64. The molecular weight excluding hydrogens is 294 g/mol. The van der Waals surface area contributed by atoms with Gasteiger partial charge >= 0.3 is 0 Å². The number of carbonyl (C=O) groups is 1. The first kappa shape index (κ1) is 15.7. The zero-order valence-electron chi connectivity index (χ0n) is 11.8. The van der Waals surface area contributed by atoms with Crippen LogP contribution in [-0.4, -0.2) is 40.6 Å². The van der Waals surface area contributed by atoms with Crippen LogP contribution in [0.3, 0.4) is 0 Å². The number of hydrogen-bond acceptors (Lipinski definition) is 5. The summed E-state index contributed by atoms with van der Waals surface area (Å²) in [6.07, 6.45) is 1.87. The molecule has 0 saturated carbocycles. The van der Waals surface area contributed by atoms with E-state index in [1.54, 1.807) is 0 Å². The van der Waals surface area contributed by atoms with E-state index in [1.165, 1.54) is 25.3 Å². The van der Waals surface area contributed by atoms with Crippen molar-refractivity contribution in [2.75, 3.05) is 20.2 Å². The number of hydrogen-bond donors (Lipinski definition) is 3. The zero-order valence-corrected chi connectivity index (χ0v) is 12.6. The van der Waals surface area contributed by atoms with Crippen LogP contribution in [0.15, 0.2) is 23.1 Å². The van der Waals surface area contributed by atoms with E-state index in [-0.39, 0.29) is 22.4 Å². The average molecular weight is 313 g/mol. The number of nitrogens with one attached hydrogen (secondary N) is 2. The lowest BCUT2D eigenvalue weighted by molar-refractivity contribution is 0.0927. The maximum Gasteiger partial charge on any atom is 0.255 e. The number of methoxy groups -OCH3 is 1. The summed E-state index contributed by atoms with van der Waals surface area (Å²) >= 11 is 0. The van der Waals surface area contributed by atoms with Crippen LogP contribution in [0.1, 0.15) is 23.2 Å². The first-order valence-electron chi connectivity index (χ1n) is 6.64. The first-order chi connectivity index (χ1) is 9.91. The Morgan fingerprint density at radius 2 is 2.24 bits per heavy atom. The van der Waals surface area contributed by atoms with Gasteiger partial charge in [-0.15, -0.1) is 0 Å². The molecular formula is C13H19N3O4S. The summed E-state index contributed by atoms with van der Waals surface area (Å²) in [5.74, 6) is -0.0604. The highest BCUT2D eigenvalue weighted by Crippen LogP contribution is 2.22. The molecule has 8 heteroatoms. The van der Waals surface area contributed by atoms with Gasteiger partial charge in [0.2, 0.25) is 10.0 Å². The minimum absolute atomic E-state index is 0.0223. The number of ether oxygens (including phenoxy) is 1. The molecule has 1 aromatic carbocycles. The monoisotopic (exact) mass is 313 g/mol. The van der Waals surface area contributed by atoms with Crippen molar-refractivity contribution in [3.63, 3.8) is 0 Å². The summed E-state index contributed by atoms with van der Waals surface area (Å²) in [5, 5.41) is 11.2. The fourth-order valence-electron chi connectivity index (χ4n) is 2.28. The molecule has 1 amide bonds. The molecule has 1 saturated heterocycles. The van der Waals surface area contributed by atoms with Crippen molar-refractivity contribution in [1.82, 2.24) is 10.6 Å². The third-order valence-electron chi connectivity index (χ3n) is 3.38. The standard InChI is InChI=1S/C13H19N3O4S/c1-20-12-5-4-10(21(14,18)19)7-11(12)13(17)16-9-3-2-6-15-8-9/h4-5,7,9,15H,2-3,6,8H2,1H3,(H,16,17)(H2,14,18,19). The quantitative estimate of drug-likeness (QED) is 0.714. The number of primary sulfonamides is 1. The number of benzene rings is 1. The van der Waals surface area contributed by atoms with Crippen LogP contribution >= 0.6 is 0 Å². The average Bonchev–Trinajstić information content (AvgIpc) is 2.46. The maximum absolute atomic E-state index is 12.3. The van der Waals surface area contributed by atoms with Crippen LogP contribution in [0.4, 0.5) is 0 Å². The van der Waals surface area contributed by atoms with Gasteiger partial charge in [0, 0.05) is 12.6 Å². The smallest absolute Gasteiger partial charge is 0.255 e. The van der Waals surface area contributed by atoms with Crippen LogP contribution in [-0.2, 0) is 10.0 Å². The van der Waals surface area contributed by atoms with Crippen molar-refractivity contribution in [2.45, 2.75) is 23.8 Å². The van der Waals surface area contributed by atoms with Crippen molar-refractivity contribution >= 4 is 15.9 Å². The summed E-state index contributed by atoms with van der Waals surface area (Å²) in [6, 6.07) is 4.00. The van der Waals surface area contributed by atoms with Gasteiger partial charge in [-0.05, 0) is 37.6 Å². The van der Waals surface area contributed by atoms with Crippen molar-refractivity contribution in [3.8, 4) is 5.75 Å². The molecule has 0 aromatic heterocycles. The molecule has 0 aliphatic carbocycles. The Morgan fingerprint density at radius 1 is 1.48 bits per heavy atom. The van der Waals surface area contributed by atoms with E-state index >= 15 is 0 Å². The van der Waals surface area contributed by atoms with E-state index in [0.29, 0.717) is 12.3 Å². The third kappa shape index (κ3) is 3.93. The molecule has 1 aliphatic heterocycles. The van der Waals surface area contributed by atoms with Crippen LogP contribution in [0, 0.1) is 0 Å². The maximum atomic E-state index is 12.3. The number of carbonyl (C=O) groups excluding carboxylic acids is 1. The van der Waals surface area contributed by atoms with Crippen molar-refractivity contribution < 1.29 is 17.9 Å². The predicted molar refractivity (Wildman–Crippen MR) is 77.7 cm³/mol. The molecule has 1 unspecified atom stereocenters. The van der Waals surface area contributed by atoms with Crippen molar-refractivity contribution in [3.05, 3.63) is 23.8 Å². The SMILES string of the molecule is COc1ccc(S(N)(=O)=O)cc1C(=O)NC1CCCNC1. The zero-order chi connectivity index (χ0) is 15.5. The topological polar surface area (TPSA) is 111 Å². The predicted octanol–water partition coefficient (Wildman–Crippen LogP) is -0.176. The number of rotatable bonds is 4. The number of piperidine rings is 1. The Balaban J connectivity index is 2.25. The highest BCUT2D eigenvalue weighted by atomic mass is 32.2. The second kappa shape index (κ2) is 6.42. The van der Waals surface area contributed by atoms with Gasteiger partial charge in [-0.25, -0.2) is 13.6 Å². The van der Waals surface area contributed by atoms with E-state index < -0.39 is 10.0 Å². The fourth-order valence-corrected chi connectivity index (χ4v) is 2.82. The largest absolute Gasteiger partial charge is 0.496 e. The first-order valence-corrected chi connectivity index (χ1v) is 8.19. The summed E-state index contributed by atoms with van der Waals surface area (Å²) in [6.45, 7) is 1.64. The van der Waals surface area contributed by atoms with Crippen LogP contribution in [0.2, 0.25) is 0 Å². The van der Waals surface area contributed by atoms with Crippen LogP contribution in [0.25, 0.3) is 0 Å². The number of sulfonamides is 1. The highest BCUT2D eigenvalue weighted by Gasteiger charge is 2.21. The molecule has 4 N–H and O–H groups in total. The van der Waals surface area contributed by atoms with Crippen molar-refractivity contribution in [1.29, 1.82) is 0 Å². The molecule has 116 valence electrons. The van der Waals surface area contributed by atoms with E-state index in [0.717, 1.165) is 19.4 Å². The normalized spacial score (nSPS) is 19.0. The lowest BCUT2D eigenvalue weighted by Gasteiger charge is -2.24. The summed E-state index contributed by atoms with van der Waals surface area (Å²) < 4.78 is 27.9. The van der Waals surface area contributed by atoms with Gasteiger partial charge in [-0.2, -0.15) is 0 Å². The van der Waals surface area contributed by atoms with E-state index in [2.05, 4.69) is 10.6 Å². The minimum Gasteiger partial charge on any atom is -0.496 e. The molecule has 21 heavy (non-hydrogen) atoms. The van der Waals surface area contributed by atoms with E-state index in [9.17, 15) is 13.2 Å². The third-order valence-corrected chi connectivity index (χ3v) is 4.29. The molecule has 0 radical (unpaired) electrons. The van der Waals surface area contributed by atoms with Gasteiger partial charge in [0.25, 0.3) is 5.91 Å². The van der Waals surface area contributed by atoms with Gasteiger partial charge in [0.1, 0.15) is 5.75 Å². The van der Waals surface area contributed by atoms with Gasteiger partial charge < -0.3 is 15.4 Å². The highest BCUT2D eigenvalue weighted by molar-refractivity contribution is 7.89. The van der Waals surface area contributed by atoms with Gasteiger partial charge in [0.15, 0.2) is 0 Å². The molecule has 0 bridgehead atoms. The summed E-state index contributed by atoms with van der Waals surface area (Å²) in [4.78, 5) is 12.2. The molecule has 1 aromatic rings. The Morgan fingerprint density at radius 3 is 2.81 bits per heavy atom. The molecule has 1 heterocycles. The second-order valence-corrected chi connectivity index (χ2v) is 6.49. The van der Waals surface area contributed by atoms with Gasteiger partial charge in [-0.1, -0.05) is 0 Å². The number of nitrogens with two attached hydrogens (primary N) is 1. The lowest BCUT2D eigenvalue weighted by atomic mass is 10.1. The van der Waals surface area contributed by atoms with Crippen molar-refractivity contribution in [2.24, 2.45) is 5.14 Å². The Labute approximate surface area is 123 Å². The minimum atomic E-state index is -3.86. The fraction of sp³-hybridized carbons (Fsp3) is 0.462. The molecule has 1 aliphatic rings. The van der Waals surface area contributed by atoms with E-state index in [1.807, 2.05) is 0 Å². The van der Waals surface area contributed by atoms with Crippen LogP contribution < -0.4 is 20.5 Å². The molecule has 1 fully saturated rings.